The van der Waals surface area contributed by atoms with E-state index >= 15 is 0 Å². The molecule has 98 valence electrons. The SMILES string of the molecule is COC(C)(C)CNc1snc(N)c1OC(C)C. The second-order valence-electron chi connectivity index (χ2n) is 4.71. The third kappa shape index (κ3) is 4.05. The molecule has 0 atom stereocenters. The lowest BCUT2D eigenvalue weighted by molar-refractivity contribution is 0.0344. The van der Waals surface area contributed by atoms with Gasteiger partial charge < -0.3 is 20.5 Å². The monoisotopic (exact) mass is 259 g/mol. The minimum Gasteiger partial charge on any atom is -0.484 e. The van der Waals surface area contributed by atoms with Gasteiger partial charge in [-0.25, -0.2) is 0 Å². The van der Waals surface area contributed by atoms with Crippen molar-refractivity contribution in [2.24, 2.45) is 0 Å². The number of hydrogen-bond donors (Lipinski definition) is 2. The Kier molecular flexibility index (Phi) is 4.59. The fourth-order valence-electron chi connectivity index (χ4n) is 1.12. The van der Waals surface area contributed by atoms with E-state index < -0.39 is 0 Å². The van der Waals surface area contributed by atoms with Crippen LogP contribution in [-0.4, -0.2) is 29.7 Å². The molecule has 0 saturated heterocycles. The quantitative estimate of drug-likeness (QED) is 0.820. The molecule has 1 heterocycles. The van der Waals surface area contributed by atoms with Crippen LogP contribution >= 0.6 is 11.5 Å². The molecule has 0 aliphatic carbocycles. The smallest absolute Gasteiger partial charge is 0.197 e. The third-order valence-electron chi connectivity index (χ3n) is 2.25. The van der Waals surface area contributed by atoms with Gasteiger partial charge in [0.1, 0.15) is 0 Å². The second-order valence-corrected chi connectivity index (χ2v) is 5.48. The number of nitrogen functional groups attached to an aromatic ring is 1. The lowest BCUT2D eigenvalue weighted by atomic mass is 10.1. The van der Waals surface area contributed by atoms with Crippen molar-refractivity contribution in [2.75, 3.05) is 24.7 Å². The number of anilines is 2. The maximum Gasteiger partial charge on any atom is 0.197 e. The summed E-state index contributed by atoms with van der Waals surface area (Å²) in [6.07, 6.45) is 0.0738. The predicted octanol–water partition coefficient (Wildman–Crippen LogP) is 2.35. The number of nitrogens with zero attached hydrogens (tertiary/aromatic N) is 1. The minimum absolute atomic E-state index is 0.0738. The molecule has 0 bridgehead atoms. The highest BCUT2D eigenvalue weighted by molar-refractivity contribution is 7.11. The number of nitrogens with one attached hydrogen (secondary N) is 1. The molecule has 3 N–H and O–H groups in total. The molecule has 1 aromatic rings. The van der Waals surface area contributed by atoms with Crippen molar-refractivity contribution < 1.29 is 9.47 Å². The first-order valence-electron chi connectivity index (χ1n) is 5.56. The number of hydrogen-bond acceptors (Lipinski definition) is 6. The molecule has 0 unspecified atom stereocenters. The topological polar surface area (TPSA) is 69.4 Å². The zero-order valence-electron chi connectivity index (χ0n) is 11.0. The second kappa shape index (κ2) is 5.55. The molecule has 0 fully saturated rings. The number of rotatable bonds is 6. The van der Waals surface area contributed by atoms with Crippen molar-refractivity contribution in [2.45, 2.75) is 39.4 Å². The van der Waals surface area contributed by atoms with E-state index in [0.29, 0.717) is 18.1 Å². The van der Waals surface area contributed by atoms with Gasteiger partial charge in [-0.3, -0.25) is 0 Å². The molecule has 1 aromatic heterocycles. The molecule has 5 nitrogen and oxygen atoms in total. The van der Waals surface area contributed by atoms with Crippen LogP contribution in [0.25, 0.3) is 0 Å². The van der Waals surface area contributed by atoms with Gasteiger partial charge in [-0.15, -0.1) is 0 Å². The van der Waals surface area contributed by atoms with Gasteiger partial charge in [-0.05, 0) is 39.2 Å². The Labute approximate surface area is 106 Å². The summed E-state index contributed by atoms with van der Waals surface area (Å²) in [7, 11) is 1.69. The van der Waals surface area contributed by atoms with Gasteiger partial charge in [0.05, 0.1) is 11.7 Å². The number of nitrogens with two attached hydrogens (primary N) is 1. The molecular formula is C11H21N3O2S. The fourth-order valence-corrected chi connectivity index (χ4v) is 1.77. The summed E-state index contributed by atoms with van der Waals surface area (Å²) >= 11 is 1.30. The first kappa shape index (κ1) is 14.1. The van der Waals surface area contributed by atoms with Gasteiger partial charge >= 0.3 is 0 Å². The highest BCUT2D eigenvalue weighted by Gasteiger charge is 2.19. The lowest BCUT2D eigenvalue weighted by Crippen LogP contribution is -2.31. The Morgan fingerprint density at radius 2 is 2.12 bits per heavy atom. The predicted molar refractivity (Wildman–Crippen MR) is 71.9 cm³/mol. The summed E-state index contributed by atoms with van der Waals surface area (Å²) in [6, 6.07) is 0. The molecule has 0 radical (unpaired) electrons. The number of methoxy groups -OCH3 is 1. The molecule has 0 spiro atoms. The Morgan fingerprint density at radius 3 is 2.65 bits per heavy atom. The van der Waals surface area contributed by atoms with E-state index in [0.717, 1.165) is 5.00 Å². The Balaban J connectivity index is 2.71. The molecule has 0 amide bonds. The largest absolute Gasteiger partial charge is 0.484 e. The minimum atomic E-state index is -0.242. The van der Waals surface area contributed by atoms with Crippen LogP contribution in [0.2, 0.25) is 0 Å². The zero-order chi connectivity index (χ0) is 13.1. The first-order chi connectivity index (χ1) is 7.85. The highest BCUT2D eigenvalue weighted by Crippen LogP contribution is 2.36. The molecular weight excluding hydrogens is 238 g/mol. The van der Waals surface area contributed by atoms with E-state index in [1.54, 1.807) is 7.11 Å². The van der Waals surface area contributed by atoms with E-state index in [-0.39, 0.29) is 11.7 Å². The van der Waals surface area contributed by atoms with Crippen LogP contribution in [0.3, 0.4) is 0 Å². The maximum absolute atomic E-state index is 5.76. The normalized spacial score (nSPS) is 11.9. The van der Waals surface area contributed by atoms with Crippen LogP contribution < -0.4 is 15.8 Å². The van der Waals surface area contributed by atoms with Crippen molar-refractivity contribution >= 4 is 22.4 Å². The molecule has 6 heteroatoms. The zero-order valence-corrected chi connectivity index (χ0v) is 11.9. The summed E-state index contributed by atoms with van der Waals surface area (Å²) in [5, 5.41) is 4.11. The average molecular weight is 259 g/mol. The van der Waals surface area contributed by atoms with Crippen molar-refractivity contribution in [3.8, 4) is 5.75 Å². The number of aromatic nitrogens is 1. The van der Waals surface area contributed by atoms with Gasteiger partial charge in [0.25, 0.3) is 0 Å². The van der Waals surface area contributed by atoms with E-state index in [2.05, 4.69) is 9.69 Å². The van der Waals surface area contributed by atoms with Crippen molar-refractivity contribution in [3.05, 3.63) is 0 Å². The van der Waals surface area contributed by atoms with E-state index in [1.807, 2.05) is 27.7 Å². The van der Waals surface area contributed by atoms with Gasteiger partial charge in [0.15, 0.2) is 16.6 Å². The molecule has 0 aromatic carbocycles. The van der Waals surface area contributed by atoms with Gasteiger partial charge in [0, 0.05) is 13.7 Å². The van der Waals surface area contributed by atoms with Crippen LogP contribution in [0, 0.1) is 0 Å². The van der Waals surface area contributed by atoms with E-state index in [1.165, 1.54) is 11.5 Å². The summed E-state index contributed by atoms with van der Waals surface area (Å²) in [5.41, 5.74) is 5.52. The third-order valence-corrected chi connectivity index (χ3v) is 3.06. The Hall–Kier alpha value is -1.01. The number of ether oxygens (including phenoxy) is 2. The molecule has 1 rings (SSSR count). The van der Waals surface area contributed by atoms with Crippen LogP contribution in [0.1, 0.15) is 27.7 Å². The van der Waals surface area contributed by atoms with Gasteiger partial charge in [0.2, 0.25) is 0 Å². The van der Waals surface area contributed by atoms with Crippen LogP contribution in [0.5, 0.6) is 5.75 Å². The molecule has 0 saturated carbocycles. The summed E-state index contributed by atoms with van der Waals surface area (Å²) < 4.78 is 15.1. The standard InChI is InChI=1S/C11H21N3O2S/c1-7(2)16-8-9(12)14-17-10(8)13-6-11(3,4)15-5/h7,13H,6H2,1-5H3,(H2,12,14). The summed E-state index contributed by atoms with van der Waals surface area (Å²) in [4.78, 5) is 0. The van der Waals surface area contributed by atoms with Crippen molar-refractivity contribution in [1.82, 2.24) is 4.37 Å². The van der Waals surface area contributed by atoms with Crippen molar-refractivity contribution in [1.29, 1.82) is 0 Å². The van der Waals surface area contributed by atoms with Crippen LogP contribution in [0.4, 0.5) is 10.8 Å². The van der Waals surface area contributed by atoms with Gasteiger partial charge in [-0.2, -0.15) is 4.37 Å². The fraction of sp³-hybridized carbons (Fsp3) is 0.727. The van der Waals surface area contributed by atoms with E-state index in [4.69, 9.17) is 15.2 Å². The molecule has 0 aliphatic rings. The first-order valence-corrected chi connectivity index (χ1v) is 6.34. The summed E-state index contributed by atoms with van der Waals surface area (Å²) in [6.45, 7) is 8.60. The highest BCUT2D eigenvalue weighted by atomic mass is 32.1. The molecule has 17 heavy (non-hydrogen) atoms. The van der Waals surface area contributed by atoms with Gasteiger partial charge in [-0.1, -0.05) is 0 Å². The van der Waals surface area contributed by atoms with Crippen molar-refractivity contribution in [3.63, 3.8) is 0 Å². The summed E-state index contributed by atoms with van der Waals surface area (Å²) in [5.74, 6) is 1.07. The maximum atomic E-state index is 5.76. The Bertz CT molecular complexity index is 364. The van der Waals surface area contributed by atoms with E-state index in [9.17, 15) is 0 Å². The average Bonchev–Trinajstić information content (AvgIpc) is 2.57. The van der Waals surface area contributed by atoms with Crippen LogP contribution in [0.15, 0.2) is 0 Å². The lowest BCUT2D eigenvalue weighted by Gasteiger charge is -2.23. The molecule has 0 aliphatic heterocycles. The Morgan fingerprint density at radius 1 is 1.47 bits per heavy atom. The van der Waals surface area contributed by atoms with Crippen LogP contribution in [-0.2, 0) is 4.74 Å².